The Hall–Kier alpha value is -2.91. The van der Waals surface area contributed by atoms with Crippen LogP contribution in [0.15, 0.2) is 53.9 Å². The summed E-state index contributed by atoms with van der Waals surface area (Å²) in [7, 11) is 1.63. The van der Waals surface area contributed by atoms with E-state index in [1.54, 1.807) is 19.5 Å². The number of para-hydroxylation sites is 2. The summed E-state index contributed by atoms with van der Waals surface area (Å²) in [4.78, 5) is 18.6. The summed E-state index contributed by atoms with van der Waals surface area (Å²) in [6.07, 6.45) is 3.45. The van der Waals surface area contributed by atoms with Gasteiger partial charge in [0.2, 0.25) is 5.91 Å². The van der Waals surface area contributed by atoms with E-state index in [-0.39, 0.29) is 11.7 Å². The van der Waals surface area contributed by atoms with Crippen LogP contribution in [-0.2, 0) is 9.53 Å². The second kappa shape index (κ2) is 9.06. The Balaban J connectivity index is 1.67. The molecule has 0 spiro atoms. The Bertz CT molecular complexity index is 973. The van der Waals surface area contributed by atoms with Gasteiger partial charge in [-0.15, -0.1) is 10.2 Å². The normalized spacial score (nSPS) is 14.0. The molecular formula is C20H21N5O3S. The largest absolute Gasteiger partial charge is 0.495 e. The van der Waals surface area contributed by atoms with Gasteiger partial charge in [-0.05, 0) is 24.3 Å². The van der Waals surface area contributed by atoms with Gasteiger partial charge in [-0.1, -0.05) is 23.9 Å². The lowest BCUT2D eigenvalue weighted by atomic mass is 10.2. The van der Waals surface area contributed by atoms with Crippen molar-refractivity contribution < 1.29 is 14.3 Å². The van der Waals surface area contributed by atoms with Crippen LogP contribution in [0.4, 0.5) is 0 Å². The molecule has 4 rings (SSSR count). The van der Waals surface area contributed by atoms with Gasteiger partial charge in [-0.2, -0.15) is 0 Å². The SMILES string of the molecule is COc1ccccc1-n1c(SCC(=O)N2CCOCC2)nnc1-c1cccnc1. The zero-order valence-electron chi connectivity index (χ0n) is 16.0. The Labute approximate surface area is 172 Å². The number of rotatable bonds is 6. The summed E-state index contributed by atoms with van der Waals surface area (Å²) in [5.41, 5.74) is 1.64. The summed E-state index contributed by atoms with van der Waals surface area (Å²) >= 11 is 1.36. The number of benzene rings is 1. The maximum absolute atomic E-state index is 12.6. The summed E-state index contributed by atoms with van der Waals surface area (Å²) in [6.45, 7) is 2.41. The van der Waals surface area contributed by atoms with E-state index in [4.69, 9.17) is 9.47 Å². The highest BCUT2D eigenvalue weighted by atomic mass is 32.2. The number of thioether (sulfide) groups is 1. The van der Waals surface area contributed by atoms with Gasteiger partial charge in [-0.25, -0.2) is 0 Å². The van der Waals surface area contributed by atoms with Crippen LogP contribution in [0.5, 0.6) is 5.75 Å². The quantitative estimate of drug-likeness (QED) is 0.576. The van der Waals surface area contributed by atoms with Crippen LogP contribution in [0.25, 0.3) is 17.1 Å². The van der Waals surface area contributed by atoms with Gasteiger partial charge in [0.05, 0.1) is 31.8 Å². The molecule has 1 aliphatic heterocycles. The highest BCUT2D eigenvalue weighted by molar-refractivity contribution is 7.99. The van der Waals surface area contributed by atoms with Crippen LogP contribution in [0, 0.1) is 0 Å². The molecule has 1 fully saturated rings. The fourth-order valence-corrected chi connectivity index (χ4v) is 3.96. The molecule has 0 radical (unpaired) electrons. The Morgan fingerprint density at radius 1 is 1.17 bits per heavy atom. The number of morpholine rings is 1. The van der Waals surface area contributed by atoms with Crippen molar-refractivity contribution >= 4 is 17.7 Å². The van der Waals surface area contributed by atoms with Crippen LogP contribution < -0.4 is 4.74 Å². The van der Waals surface area contributed by atoms with Crippen LogP contribution >= 0.6 is 11.8 Å². The standard InChI is InChI=1S/C20H21N5O3S/c1-27-17-7-3-2-6-16(17)25-19(15-5-4-8-21-13-15)22-23-20(25)29-14-18(26)24-9-11-28-12-10-24/h2-8,13H,9-12,14H2,1H3. The number of carbonyl (C=O) groups is 1. The van der Waals surface area contributed by atoms with Crippen LogP contribution in [0.2, 0.25) is 0 Å². The summed E-state index contributed by atoms with van der Waals surface area (Å²) in [5, 5.41) is 9.36. The fourth-order valence-electron chi connectivity index (χ4n) is 3.11. The highest BCUT2D eigenvalue weighted by Crippen LogP contribution is 2.32. The topological polar surface area (TPSA) is 82.4 Å². The molecule has 8 nitrogen and oxygen atoms in total. The number of hydrogen-bond acceptors (Lipinski definition) is 7. The van der Waals surface area contributed by atoms with Crippen molar-refractivity contribution in [3.63, 3.8) is 0 Å². The fraction of sp³-hybridized carbons (Fsp3) is 0.300. The van der Waals surface area contributed by atoms with Gasteiger partial charge in [-0.3, -0.25) is 14.3 Å². The molecule has 1 aromatic carbocycles. The molecule has 1 saturated heterocycles. The number of nitrogens with zero attached hydrogens (tertiary/aromatic N) is 5. The van der Waals surface area contributed by atoms with E-state index in [9.17, 15) is 4.79 Å². The van der Waals surface area contributed by atoms with Crippen molar-refractivity contribution in [1.29, 1.82) is 0 Å². The number of ether oxygens (including phenoxy) is 2. The van der Waals surface area contributed by atoms with Crippen LogP contribution in [0.3, 0.4) is 0 Å². The van der Waals surface area contributed by atoms with E-state index in [0.29, 0.717) is 43.0 Å². The maximum atomic E-state index is 12.6. The molecule has 0 bridgehead atoms. The molecule has 0 atom stereocenters. The molecule has 0 N–H and O–H groups in total. The second-order valence-corrected chi connectivity index (χ2v) is 7.28. The molecule has 1 aliphatic rings. The third-order valence-corrected chi connectivity index (χ3v) is 5.48. The molecule has 1 amide bonds. The van der Waals surface area contributed by atoms with Gasteiger partial charge < -0.3 is 14.4 Å². The summed E-state index contributed by atoms with van der Waals surface area (Å²) in [5.74, 6) is 1.68. The average Bonchev–Trinajstić information content (AvgIpc) is 3.22. The molecule has 0 unspecified atom stereocenters. The first-order valence-corrected chi connectivity index (χ1v) is 10.2. The smallest absolute Gasteiger partial charge is 0.233 e. The van der Waals surface area contributed by atoms with E-state index >= 15 is 0 Å². The molecule has 3 aromatic rings. The molecule has 0 saturated carbocycles. The summed E-state index contributed by atoms with van der Waals surface area (Å²) < 4.78 is 12.8. The Morgan fingerprint density at radius 3 is 2.76 bits per heavy atom. The second-order valence-electron chi connectivity index (χ2n) is 6.34. The van der Waals surface area contributed by atoms with Gasteiger partial charge in [0, 0.05) is 31.0 Å². The molecule has 3 heterocycles. The van der Waals surface area contributed by atoms with Crippen molar-refractivity contribution in [3.8, 4) is 22.8 Å². The molecule has 9 heteroatoms. The maximum Gasteiger partial charge on any atom is 0.233 e. The van der Waals surface area contributed by atoms with E-state index < -0.39 is 0 Å². The van der Waals surface area contributed by atoms with Crippen molar-refractivity contribution in [2.45, 2.75) is 5.16 Å². The minimum atomic E-state index is 0.0656. The lowest BCUT2D eigenvalue weighted by Gasteiger charge is -2.26. The Morgan fingerprint density at radius 2 is 2.00 bits per heavy atom. The van der Waals surface area contributed by atoms with Crippen molar-refractivity contribution in [1.82, 2.24) is 24.6 Å². The number of hydrogen-bond donors (Lipinski definition) is 0. The highest BCUT2D eigenvalue weighted by Gasteiger charge is 2.22. The molecular weight excluding hydrogens is 390 g/mol. The average molecular weight is 411 g/mol. The first-order chi connectivity index (χ1) is 14.3. The van der Waals surface area contributed by atoms with Gasteiger partial charge >= 0.3 is 0 Å². The number of pyridine rings is 1. The molecule has 2 aromatic heterocycles. The zero-order chi connectivity index (χ0) is 20.1. The summed E-state index contributed by atoms with van der Waals surface area (Å²) in [6, 6.07) is 11.4. The molecule has 29 heavy (non-hydrogen) atoms. The number of methoxy groups -OCH3 is 1. The van der Waals surface area contributed by atoms with Crippen molar-refractivity contribution in [2.24, 2.45) is 0 Å². The van der Waals surface area contributed by atoms with Crippen LogP contribution in [-0.4, -0.2) is 69.7 Å². The van der Waals surface area contributed by atoms with E-state index in [0.717, 1.165) is 11.3 Å². The monoisotopic (exact) mass is 411 g/mol. The van der Waals surface area contributed by atoms with Crippen molar-refractivity contribution in [3.05, 3.63) is 48.8 Å². The minimum Gasteiger partial charge on any atom is -0.495 e. The van der Waals surface area contributed by atoms with E-state index in [1.807, 2.05) is 45.9 Å². The third-order valence-electron chi connectivity index (χ3n) is 4.57. The Kier molecular flexibility index (Phi) is 6.06. The number of aromatic nitrogens is 4. The van der Waals surface area contributed by atoms with Gasteiger partial charge in [0.1, 0.15) is 5.75 Å². The number of carbonyl (C=O) groups excluding carboxylic acids is 1. The molecule has 150 valence electrons. The van der Waals surface area contributed by atoms with Gasteiger partial charge in [0.15, 0.2) is 11.0 Å². The van der Waals surface area contributed by atoms with E-state index in [2.05, 4.69) is 15.2 Å². The lowest BCUT2D eigenvalue weighted by Crippen LogP contribution is -2.41. The predicted octanol–water partition coefficient (Wildman–Crippen LogP) is 2.29. The third kappa shape index (κ3) is 4.25. The van der Waals surface area contributed by atoms with Crippen LogP contribution in [0.1, 0.15) is 0 Å². The predicted molar refractivity (Wildman–Crippen MR) is 109 cm³/mol. The van der Waals surface area contributed by atoms with E-state index in [1.165, 1.54) is 11.8 Å². The van der Waals surface area contributed by atoms with Gasteiger partial charge in [0.25, 0.3) is 0 Å². The number of amides is 1. The lowest BCUT2D eigenvalue weighted by molar-refractivity contribution is -0.132. The minimum absolute atomic E-state index is 0.0656. The zero-order valence-corrected chi connectivity index (χ0v) is 16.8. The molecule has 0 aliphatic carbocycles. The first kappa shape index (κ1) is 19.4. The first-order valence-electron chi connectivity index (χ1n) is 9.25. The van der Waals surface area contributed by atoms with Crippen molar-refractivity contribution in [2.75, 3.05) is 39.2 Å².